The average Bonchev–Trinajstić information content (AvgIpc) is 2.35. The van der Waals surface area contributed by atoms with Crippen molar-refractivity contribution < 1.29 is 14.6 Å². The molecule has 1 aliphatic rings. The smallest absolute Gasteiger partial charge is 0.323 e. The average molecular weight is 258 g/mol. The van der Waals surface area contributed by atoms with Crippen LogP contribution in [0.25, 0.3) is 0 Å². The summed E-state index contributed by atoms with van der Waals surface area (Å²) in [6.45, 7) is 12.6. The largest absolute Gasteiger partial charge is 0.480 e. The normalized spacial score (nSPS) is 22.4. The van der Waals surface area contributed by atoms with Crippen LogP contribution in [-0.4, -0.2) is 71.8 Å². The fraction of sp³-hybridized carbons (Fsp3) is 0.923. The highest BCUT2D eigenvalue weighted by atomic mass is 16.5. The number of nitrogens with zero attached hydrogens (tertiary/aromatic N) is 2. The van der Waals surface area contributed by atoms with E-state index in [1.807, 2.05) is 11.8 Å². The van der Waals surface area contributed by atoms with Gasteiger partial charge in [0.15, 0.2) is 0 Å². The molecule has 1 rings (SSSR count). The number of hydrogen-bond acceptors (Lipinski definition) is 4. The van der Waals surface area contributed by atoms with Crippen LogP contribution < -0.4 is 0 Å². The molecule has 0 amide bonds. The fourth-order valence-electron chi connectivity index (χ4n) is 2.31. The molecule has 1 N–H and O–H groups in total. The van der Waals surface area contributed by atoms with Crippen molar-refractivity contribution in [2.24, 2.45) is 0 Å². The topological polar surface area (TPSA) is 53.0 Å². The summed E-state index contributed by atoms with van der Waals surface area (Å²) < 4.78 is 5.74. The van der Waals surface area contributed by atoms with Crippen molar-refractivity contribution in [1.29, 1.82) is 0 Å². The van der Waals surface area contributed by atoms with E-state index < -0.39 is 11.5 Å². The monoisotopic (exact) mass is 258 g/mol. The highest BCUT2D eigenvalue weighted by molar-refractivity contribution is 5.77. The summed E-state index contributed by atoms with van der Waals surface area (Å²) in [4.78, 5) is 15.6. The first kappa shape index (κ1) is 15.4. The number of morpholine rings is 1. The van der Waals surface area contributed by atoms with E-state index in [1.165, 1.54) is 0 Å². The molecule has 1 fully saturated rings. The Balaban J connectivity index is 2.60. The SMILES string of the molecule is CCN1CCOC(CN(CC)C(C)(C)C(=O)O)C1. The molecule has 5 nitrogen and oxygen atoms in total. The Morgan fingerprint density at radius 1 is 1.50 bits per heavy atom. The molecule has 0 aliphatic carbocycles. The number of likely N-dealkylation sites (N-methyl/N-ethyl adjacent to an activating group) is 2. The summed E-state index contributed by atoms with van der Waals surface area (Å²) in [7, 11) is 0. The first-order chi connectivity index (χ1) is 8.41. The molecule has 0 aromatic heterocycles. The third-order valence-corrected chi connectivity index (χ3v) is 3.79. The molecule has 106 valence electrons. The van der Waals surface area contributed by atoms with Gasteiger partial charge in [0.25, 0.3) is 0 Å². The molecule has 0 spiro atoms. The maximum Gasteiger partial charge on any atom is 0.323 e. The highest BCUT2D eigenvalue weighted by Crippen LogP contribution is 2.17. The van der Waals surface area contributed by atoms with Crippen LogP contribution in [-0.2, 0) is 9.53 Å². The van der Waals surface area contributed by atoms with Crippen LogP contribution in [0.3, 0.4) is 0 Å². The molecule has 0 aromatic carbocycles. The van der Waals surface area contributed by atoms with Gasteiger partial charge in [-0.2, -0.15) is 0 Å². The maximum atomic E-state index is 11.3. The second-order valence-electron chi connectivity index (χ2n) is 5.29. The van der Waals surface area contributed by atoms with Gasteiger partial charge in [-0.05, 0) is 26.9 Å². The standard InChI is InChI=1S/C13H26N2O3/c1-5-14-7-8-18-11(9-14)10-15(6-2)13(3,4)12(16)17/h11H,5-10H2,1-4H3,(H,16,17). The Morgan fingerprint density at radius 3 is 2.67 bits per heavy atom. The third kappa shape index (κ3) is 3.67. The number of carbonyl (C=O) groups is 1. The van der Waals surface area contributed by atoms with Gasteiger partial charge in [-0.1, -0.05) is 13.8 Å². The minimum absolute atomic E-state index is 0.109. The summed E-state index contributed by atoms with van der Waals surface area (Å²) in [6.07, 6.45) is 0.109. The van der Waals surface area contributed by atoms with Gasteiger partial charge in [0, 0.05) is 19.6 Å². The summed E-state index contributed by atoms with van der Waals surface area (Å²) in [6, 6.07) is 0. The number of aliphatic carboxylic acids is 1. The lowest BCUT2D eigenvalue weighted by molar-refractivity contribution is -0.151. The Morgan fingerprint density at radius 2 is 2.17 bits per heavy atom. The zero-order valence-electron chi connectivity index (χ0n) is 12.0. The van der Waals surface area contributed by atoms with Crippen LogP contribution in [0, 0.1) is 0 Å². The molecule has 0 bridgehead atoms. The predicted molar refractivity (Wildman–Crippen MR) is 70.8 cm³/mol. The van der Waals surface area contributed by atoms with Gasteiger partial charge in [-0.25, -0.2) is 0 Å². The molecular weight excluding hydrogens is 232 g/mol. The van der Waals surface area contributed by atoms with Crippen LogP contribution in [0.1, 0.15) is 27.7 Å². The molecule has 0 aromatic rings. The number of carboxylic acids is 1. The Labute approximate surface area is 110 Å². The van der Waals surface area contributed by atoms with Crippen LogP contribution in [0.5, 0.6) is 0 Å². The zero-order valence-corrected chi connectivity index (χ0v) is 12.0. The molecule has 0 saturated carbocycles. The Kier molecular flexibility index (Phi) is 5.56. The van der Waals surface area contributed by atoms with Crippen molar-refractivity contribution in [3.05, 3.63) is 0 Å². The van der Waals surface area contributed by atoms with E-state index in [4.69, 9.17) is 4.74 Å². The molecule has 18 heavy (non-hydrogen) atoms. The van der Waals surface area contributed by atoms with Crippen LogP contribution >= 0.6 is 0 Å². The van der Waals surface area contributed by atoms with Crippen molar-refractivity contribution in [2.75, 3.05) is 39.3 Å². The first-order valence-electron chi connectivity index (χ1n) is 6.74. The van der Waals surface area contributed by atoms with E-state index in [-0.39, 0.29) is 6.10 Å². The third-order valence-electron chi connectivity index (χ3n) is 3.79. The van der Waals surface area contributed by atoms with Gasteiger partial charge in [-0.15, -0.1) is 0 Å². The van der Waals surface area contributed by atoms with E-state index in [1.54, 1.807) is 13.8 Å². The van der Waals surface area contributed by atoms with Crippen molar-refractivity contribution in [1.82, 2.24) is 9.80 Å². The van der Waals surface area contributed by atoms with Crippen molar-refractivity contribution in [3.63, 3.8) is 0 Å². The summed E-state index contributed by atoms with van der Waals surface area (Å²) in [5.41, 5.74) is -0.841. The molecule has 5 heteroatoms. The number of rotatable bonds is 6. The quantitative estimate of drug-likeness (QED) is 0.767. The number of hydrogen-bond donors (Lipinski definition) is 1. The van der Waals surface area contributed by atoms with E-state index >= 15 is 0 Å². The summed E-state index contributed by atoms with van der Waals surface area (Å²) >= 11 is 0. The van der Waals surface area contributed by atoms with Crippen LogP contribution in [0.2, 0.25) is 0 Å². The Bertz CT molecular complexity index is 281. The zero-order chi connectivity index (χ0) is 13.8. The molecule has 1 unspecified atom stereocenters. The summed E-state index contributed by atoms with van der Waals surface area (Å²) in [5.74, 6) is -0.785. The van der Waals surface area contributed by atoms with Gasteiger partial charge >= 0.3 is 5.97 Å². The molecule has 1 heterocycles. The van der Waals surface area contributed by atoms with Gasteiger partial charge < -0.3 is 9.84 Å². The summed E-state index contributed by atoms with van der Waals surface area (Å²) in [5, 5.41) is 9.28. The second kappa shape index (κ2) is 6.50. The van der Waals surface area contributed by atoms with Gasteiger partial charge in [-0.3, -0.25) is 14.6 Å². The highest BCUT2D eigenvalue weighted by Gasteiger charge is 2.35. The van der Waals surface area contributed by atoms with E-state index in [9.17, 15) is 9.90 Å². The fourth-order valence-corrected chi connectivity index (χ4v) is 2.31. The lowest BCUT2D eigenvalue weighted by Gasteiger charge is -2.39. The Hall–Kier alpha value is -0.650. The van der Waals surface area contributed by atoms with E-state index in [2.05, 4.69) is 11.8 Å². The lowest BCUT2D eigenvalue weighted by Crippen LogP contribution is -2.55. The van der Waals surface area contributed by atoms with Crippen molar-refractivity contribution >= 4 is 5.97 Å². The van der Waals surface area contributed by atoms with Crippen molar-refractivity contribution in [2.45, 2.75) is 39.3 Å². The van der Waals surface area contributed by atoms with Crippen LogP contribution in [0.15, 0.2) is 0 Å². The molecule has 1 aliphatic heterocycles. The molecule has 1 saturated heterocycles. The molecular formula is C13H26N2O3. The maximum absolute atomic E-state index is 11.3. The molecule has 0 radical (unpaired) electrons. The first-order valence-corrected chi connectivity index (χ1v) is 6.74. The second-order valence-corrected chi connectivity index (χ2v) is 5.29. The van der Waals surface area contributed by atoms with Crippen molar-refractivity contribution in [3.8, 4) is 0 Å². The van der Waals surface area contributed by atoms with Crippen LogP contribution in [0.4, 0.5) is 0 Å². The van der Waals surface area contributed by atoms with E-state index in [0.717, 1.165) is 26.2 Å². The predicted octanol–water partition coefficient (Wildman–Crippen LogP) is 0.892. The number of ether oxygens (including phenoxy) is 1. The van der Waals surface area contributed by atoms with E-state index in [0.29, 0.717) is 13.1 Å². The van der Waals surface area contributed by atoms with Gasteiger partial charge in [0.2, 0.25) is 0 Å². The van der Waals surface area contributed by atoms with Gasteiger partial charge in [0.1, 0.15) is 5.54 Å². The minimum atomic E-state index is -0.841. The lowest BCUT2D eigenvalue weighted by atomic mass is 10.0. The molecule has 1 atom stereocenters. The number of carboxylic acid groups (broad SMARTS) is 1. The van der Waals surface area contributed by atoms with Gasteiger partial charge in [0.05, 0.1) is 12.7 Å². The minimum Gasteiger partial charge on any atom is -0.480 e.